The summed E-state index contributed by atoms with van der Waals surface area (Å²) in [6.45, 7) is 7.04. The number of nitrogens with one attached hydrogen (secondary N) is 1. The first-order chi connectivity index (χ1) is 13.7. The van der Waals surface area contributed by atoms with Gasteiger partial charge in [-0.1, -0.05) is 6.07 Å². The third kappa shape index (κ3) is 4.33. The van der Waals surface area contributed by atoms with Crippen LogP contribution in [0, 0.1) is 23.7 Å². The highest BCUT2D eigenvalue weighted by atomic mass is 16.7. The molecule has 1 N–H and O–H groups in total. The Morgan fingerprint density at radius 3 is 2.50 bits per heavy atom. The van der Waals surface area contributed by atoms with Crippen LogP contribution in [0.15, 0.2) is 42.6 Å². The molecule has 6 nitrogen and oxygen atoms in total. The highest BCUT2D eigenvalue weighted by molar-refractivity contribution is 5.50. The summed E-state index contributed by atoms with van der Waals surface area (Å²) in [5.74, 6) is 0. The van der Waals surface area contributed by atoms with Gasteiger partial charge in [-0.05, 0) is 42.8 Å². The first kappa shape index (κ1) is 18.9. The molecular weight excluding hydrogens is 352 g/mol. The number of pyridine rings is 1. The van der Waals surface area contributed by atoms with Crippen molar-refractivity contribution in [3.63, 3.8) is 0 Å². The van der Waals surface area contributed by atoms with Crippen LogP contribution >= 0.6 is 0 Å². The zero-order valence-corrected chi connectivity index (χ0v) is 16.2. The normalized spacial score (nSPS) is 18.4. The van der Waals surface area contributed by atoms with E-state index in [0.717, 1.165) is 62.8 Å². The van der Waals surface area contributed by atoms with Gasteiger partial charge >= 0.3 is 0 Å². The molecule has 28 heavy (non-hydrogen) atoms. The number of hydrogen-bond acceptors (Lipinski definition) is 6. The van der Waals surface area contributed by atoms with E-state index in [4.69, 9.17) is 14.7 Å². The highest BCUT2D eigenvalue weighted by Crippen LogP contribution is 2.29. The van der Waals surface area contributed by atoms with Crippen LogP contribution in [0.1, 0.15) is 23.2 Å². The maximum absolute atomic E-state index is 9.06. The van der Waals surface area contributed by atoms with E-state index in [9.17, 15) is 0 Å². The molecule has 2 fully saturated rings. The topological polar surface area (TPSA) is 70.4 Å². The van der Waals surface area contributed by atoms with E-state index in [2.05, 4.69) is 27.3 Å². The minimum Gasteiger partial charge on any atom is -0.367 e. The van der Waals surface area contributed by atoms with E-state index in [1.54, 1.807) is 0 Å². The van der Waals surface area contributed by atoms with Gasteiger partial charge in [-0.3, -0.25) is 4.98 Å². The standard InChI is InChI=1S/C22H26N4O2/c1-17-2-3-19(11-25-17)12-26(20-6-4-18(10-23)5-7-20)9-8-21-27-15-22(16-28-21)13-24-14-22/h2-7,11,21,24H,8-9,12-16H2,1H3. The van der Waals surface area contributed by atoms with Gasteiger partial charge in [0.2, 0.25) is 0 Å². The van der Waals surface area contributed by atoms with Crippen LogP contribution in [0.5, 0.6) is 0 Å². The Kier molecular flexibility index (Phi) is 5.58. The number of benzene rings is 1. The van der Waals surface area contributed by atoms with Crippen LogP contribution in [0.3, 0.4) is 0 Å². The van der Waals surface area contributed by atoms with Crippen LogP contribution in [-0.2, 0) is 16.0 Å². The third-order valence-electron chi connectivity index (χ3n) is 5.49. The van der Waals surface area contributed by atoms with Crippen molar-refractivity contribution in [1.29, 1.82) is 5.26 Å². The third-order valence-corrected chi connectivity index (χ3v) is 5.49. The van der Waals surface area contributed by atoms with Crippen molar-refractivity contribution in [3.8, 4) is 6.07 Å². The van der Waals surface area contributed by atoms with Gasteiger partial charge in [0.1, 0.15) is 0 Å². The Morgan fingerprint density at radius 1 is 1.18 bits per heavy atom. The van der Waals surface area contributed by atoms with Crippen LogP contribution in [0.4, 0.5) is 5.69 Å². The predicted molar refractivity (Wildman–Crippen MR) is 107 cm³/mol. The highest BCUT2D eigenvalue weighted by Gasteiger charge is 2.41. The van der Waals surface area contributed by atoms with Gasteiger partial charge in [0.15, 0.2) is 6.29 Å². The molecule has 0 radical (unpaired) electrons. The molecule has 1 aromatic heterocycles. The minimum absolute atomic E-state index is 0.164. The first-order valence-electron chi connectivity index (χ1n) is 9.76. The quantitative estimate of drug-likeness (QED) is 0.833. The van der Waals surface area contributed by atoms with Gasteiger partial charge in [-0.2, -0.15) is 5.26 Å². The molecule has 1 spiro atoms. The smallest absolute Gasteiger partial charge is 0.159 e. The Labute approximate surface area is 166 Å². The number of aryl methyl sites for hydroxylation is 1. The molecule has 0 atom stereocenters. The fourth-order valence-corrected chi connectivity index (χ4v) is 3.60. The molecule has 0 aliphatic carbocycles. The average Bonchev–Trinajstić information content (AvgIpc) is 2.72. The molecule has 2 aliphatic heterocycles. The van der Waals surface area contributed by atoms with Crippen LogP contribution in [-0.4, -0.2) is 44.1 Å². The molecule has 2 aromatic rings. The lowest BCUT2D eigenvalue weighted by Gasteiger charge is -2.46. The molecule has 2 aliphatic rings. The van der Waals surface area contributed by atoms with E-state index in [1.807, 2.05) is 43.5 Å². The number of nitriles is 1. The van der Waals surface area contributed by atoms with E-state index < -0.39 is 0 Å². The number of nitrogens with zero attached hydrogens (tertiary/aromatic N) is 3. The minimum atomic E-state index is -0.164. The molecule has 0 bridgehead atoms. The summed E-state index contributed by atoms with van der Waals surface area (Å²) >= 11 is 0. The molecule has 3 heterocycles. The average molecular weight is 378 g/mol. The summed E-state index contributed by atoms with van der Waals surface area (Å²) in [6, 6.07) is 14.0. The van der Waals surface area contributed by atoms with E-state index in [0.29, 0.717) is 5.56 Å². The van der Waals surface area contributed by atoms with Crippen molar-refractivity contribution >= 4 is 5.69 Å². The van der Waals surface area contributed by atoms with Crippen molar-refractivity contribution in [2.24, 2.45) is 5.41 Å². The van der Waals surface area contributed by atoms with Crippen molar-refractivity contribution in [1.82, 2.24) is 10.3 Å². The van der Waals surface area contributed by atoms with E-state index >= 15 is 0 Å². The number of hydrogen-bond donors (Lipinski definition) is 1. The first-order valence-corrected chi connectivity index (χ1v) is 9.76. The zero-order chi connectivity index (χ0) is 19.4. The Bertz CT molecular complexity index is 815. The largest absolute Gasteiger partial charge is 0.367 e. The van der Waals surface area contributed by atoms with Gasteiger partial charge in [0.25, 0.3) is 0 Å². The lowest BCUT2D eigenvalue weighted by atomic mass is 9.83. The number of rotatable bonds is 6. The number of aromatic nitrogens is 1. The van der Waals surface area contributed by atoms with Crippen LogP contribution in [0.2, 0.25) is 0 Å². The Balaban J connectivity index is 1.41. The van der Waals surface area contributed by atoms with Gasteiger partial charge in [-0.15, -0.1) is 0 Å². The summed E-state index contributed by atoms with van der Waals surface area (Å²) in [6.07, 6.45) is 2.55. The summed E-state index contributed by atoms with van der Waals surface area (Å²) < 4.78 is 12.0. The molecule has 0 amide bonds. The molecule has 6 heteroatoms. The molecular formula is C22H26N4O2. The second kappa shape index (κ2) is 8.27. The van der Waals surface area contributed by atoms with Gasteiger partial charge in [0.05, 0.1) is 24.8 Å². The molecule has 146 valence electrons. The molecule has 1 aromatic carbocycles. The molecule has 2 saturated heterocycles. The number of ether oxygens (including phenoxy) is 2. The zero-order valence-electron chi connectivity index (χ0n) is 16.2. The molecule has 0 unspecified atom stereocenters. The lowest BCUT2D eigenvalue weighted by molar-refractivity contribution is -0.239. The van der Waals surface area contributed by atoms with Gasteiger partial charge in [-0.25, -0.2) is 0 Å². The van der Waals surface area contributed by atoms with Crippen molar-refractivity contribution in [3.05, 3.63) is 59.4 Å². The Hall–Kier alpha value is -2.46. The fraction of sp³-hybridized carbons (Fsp3) is 0.455. The Morgan fingerprint density at radius 2 is 1.93 bits per heavy atom. The summed E-state index contributed by atoms with van der Waals surface area (Å²) in [5, 5.41) is 12.4. The van der Waals surface area contributed by atoms with Crippen molar-refractivity contribution < 1.29 is 9.47 Å². The summed E-state index contributed by atoms with van der Waals surface area (Å²) in [7, 11) is 0. The van der Waals surface area contributed by atoms with E-state index in [1.165, 1.54) is 0 Å². The number of anilines is 1. The van der Waals surface area contributed by atoms with Gasteiger partial charge in [0, 0.05) is 55.6 Å². The molecule has 0 saturated carbocycles. The van der Waals surface area contributed by atoms with Crippen molar-refractivity contribution in [2.75, 3.05) is 37.7 Å². The summed E-state index contributed by atoms with van der Waals surface area (Å²) in [4.78, 5) is 6.70. The lowest BCUT2D eigenvalue weighted by Crippen LogP contribution is -2.61. The van der Waals surface area contributed by atoms with Crippen LogP contribution in [0.25, 0.3) is 0 Å². The fourth-order valence-electron chi connectivity index (χ4n) is 3.60. The maximum atomic E-state index is 9.06. The van der Waals surface area contributed by atoms with Crippen LogP contribution < -0.4 is 10.2 Å². The predicted octanol–water partition coefficient (Wildman–Crippen LogP) is 2.62. The van der Waals surface area contributed by atoms with Crippen molar-refractivity contribution in [2.45, 2.75) is 26.2 Å². The monoisotopic (exact) mass is 378 g/mol. The molecule has 4 rings (SSSR count). The van der Waals surface area contributed by atoms with Gasteiger partial charge < -0.3 is 19.7 Å². The maximum Gasteiger partial charge on any atom is 0.159 e. The summed E-state index contributed by atoms with van der Waals surface area (Å²) in [5.41, 5.74) is 4.10. The second-order valence-electron chi connectivity index (χ2n) is 7.83. The SMILES string of the molecule is Cc1ccc(CN(CCC2OCC3(CNC3)CO2)c2ccc(C#N)cc2)cn1. The second-order valence-corrected chi connectivity index (χ2v) is 7.83. The van der Waals surface area contributed by atoms with E-state index in [-0.39, 0.29) is 11.7 Å².